The van der Waals surface area contributed by atoms with Crippen molar-refractivity contribution in [3.05, 3.63) is 96.6 Å². The fraction of sp³-hybridized carbons (Fsp3) is 0.419. The quantitative estimate of drug-likeness (QED) is 0.521. The van der Waals surface area contributed by atoms with Gasteiger partial charge in [-0.2, -0.15) is 0 Å². The van der Waals surface area contributed by atoms with E-state index in [-0.39, 0.29) is 11.1 Å². The molecule has 1 N–H and O–H groups in total. The number of piperidine rings is 2. The van der Waals surface area contributed by atoms with Gasteiger partial charge in [-0.15, -0.1) is 0 Å². The van der Waals surface area contributed by atoms with Crippen LogP contribution in [0, 0.1) is 5.92 Å². The van der Waals surface area contributed by atoms with Gasteiger partial charge in [0.1, 0.15) is 0 Å². The third-order valence-electron chi connectivity index (χ3n) is 8.62. The van der Waals surface area contributed by atoms with Gasteiger partial charge in [-0.05, 0) is 39.7 Å². The maximum Gasteiger partial charge on any atom is 0.261 e. The highest BCUT2D eigenvalue weighted by Crippen LogP contribution is 2.45. The second-order valence-electron chi connectivity index (χ2n) is 11.9. The SMILES string of the molecule is CC(C)(C)[Si](O[C@H]1C2CC3CC(N2)C1N(Cc1ccccc1)C3)(c1ccccc1)c1ccccc1. The standard InChI is InChI=1S/C31H38N2OSi/c1-31(2,3)35(25-15-9-5-10-16-25,26-17-11-6-12-18-26)34-30-28-20-24-19-27(32-28)29(30)33(22-24)21-23-13-7-4-8-14-23/h4-18,24,27-30,32H,19-22H2,1-3H3/t24?,27?,28?,29?,30-/m0/s1. The molecule has 0 amide bonds. The minimum Gasteiger partial charge on any atom is -0.401 e. The Hall–Kier alpha value is -2.24. The molecule has 3 aliphatic heterocycles. The summed E-state index contributed by atoms with van der Waals surface area (Å²) in [4.78, 5) is 2.75. The van der Waals surface area contributed by atoms with Crippen LogP contribution in [0.3, 0.4) is 0 Å². The summed E-state index contributed by atoms with van der Waals surface area (Å²) in [6.07, 6.45) is 2.70. The van der Waals surface area contributed by atoms with E-state index < -0.39 is 8.32 Å². The van der Waals surface area contributed by atoms with Crippen LogP contribution in [0.5, 0.6) is 0 Å². The lowest BCUT2D eigenvalue weighted by atomic mass is 9.88. The number of hydrogen-bond acceptors (Lipinski definition) is 3. The van der Waals surface area contributed by atoms with Crippen molar-refractivity contribution >= 4 is 18.7 Å². The average Bonchev–Trinajstić information content (AvgIpc) is 3.05. The van der Waals surface area contributed by atoms with Crippen molar-refractivity contribution in [3.8, 4) is 0 Å². The van der Waals surface area contributed by atoms with Gasteiger partial charge in [0.25, 0.3) is 8.32 Å². The molecular formula is C31H38N2OSi. The van der Waals surface area contributed by atoms with E-state index in [0.717, 1.165) is 12.5 Å². The Bertz CT molecular complexity index is 1090. The molecule has 3 fully saturated rings. The Labute approximate surface area is 211 Å². The maximum absolute atomic E-state index is 7.78. The minimum absolute atomic E-state index is 0.00529. The first-order valence-electron chi connectivity index (χ1n) is 13.3. The maximum atomic E-state index is 7.78. The lowest BCUT2D eigenvalue weighted by molar-refractivity contribution is 0.0456. The van der Waals surface area contributed by atoms with E-state index in [1.54, 1.807) is 0 Å². The smallest absolute Gasteiger partial charge is 0.261 e. The summed E-state index contributed by atoms with van der Waals surface area (Å²) in [5.74, 6) is 0.763. The van der Waals surface area contributed by atoms with Crippen LogP contribution in [0.2, 0.25) is 5.04 Å². The van der Waals surface area contributed by atoms with Crippen molar-refractivity contribution in [2.45, 2.75) is 69.4 Å². The topological polar surface area (TPSA) is 24.5 Å². The third kappa shape index (κ3) is 4.01. The van der Waals surface area contributed by atoms with Crippen LogP contribution in [0.15, 0.2) is 91.0 Å². The zero-order valence-corrected chi connectivity index (χ0v) is 22.2. The van der Waals surface area contributed by atoms with Gasteiger partial charge in [0.05, 0.1) is 12.1 Å². The molecule has 4 heteroatoms. The summed E-state index contributed by atoms with van der Waals surface area (Å²) in [6, 6.07) is 34.7. The predicted molar refractivity (Wildman–Crippen MR) is 147 cm³/mol. The van der Waals surface area contributed by atoms with Crippen LogP contribution >= 0.6 is 0 Å². The molecule has 3 aromatic rings. The summed E-state index contributed by atoms with van der Waals surface area (Å²) in [7, 11) is -2.60. The molecule has 35 heavy (non-hydrogen) atoms. The number of nitrogens with zero attached hydrogens (tertiary/aromatic N) is 1. The van der Waals surface area contributed by atoms with Gasteiger partial charge in [-0.1, -0.05) is 112 Å². The zero-order chi connectivity index (χ0) is 24.0. The number of hydrogen-bond donors (Lipinski definition) is 1. The Kier molecular flexibility index (Phi) is 5.96. The fourth-order valence-electron chi connectivity index (χ4n) is 7.26. The number of rotatable bonds is 6. The normalized spacial score (nSPS) is 28.4. The van der Waals surface area contributed by atoms with Crippen LogP contribution in [0.25, 0.3) is 0 Å². The molecule has 3 heterocycles. The summed E-state index contributed by atoms with van der Waals surface area (Å²) in [5.41, 5.74) is 1.40. The van der Waals surface area contributed by atoms with Gasteiger partial charge >= 0.3 is 0 Å². The number of fused-ring (bicyclic) bond motifs is 2. The Morgan fingerprint density at radius 1 is 0.800 bits per heavy atom. The Morgan fingerprint density at radius 2 is 1.34 bits per heavy atom. The van der Waals surface area contributed by atoms with E-state index in [1.165, 1.54) is 35.3 Å². The lowest BCUT2D eigenvalue weighted by Crippen LogP contribution is -2.69. The monoisotopic (exact) mass is 482 g/mol. The molecule has 0 spiro atoms. The van der Waals surface area contributed by atoms with E-state index in [9.17, 15) is 0 Å². The van der Waals surface area contributed by atoms with Crippen molar-refractivity contribution < 1.29 is 4.43 Å². The van der Waals surface area contributed by atoms with Crippen LogP contribution < -0.4 is 15.7 Å². The van der Waals surface area contributed by atoms with Crippen molar-refractivity contribution in [1.82, 2.24) is 10.2 Å². The minimum atomic E-state index is -2.60. The van der Waals surface area contributed by atoms with E-state index in [0.29, 0.717) is 18.1 Å². The van der Waals surface area contributed by atoms with Gasteiger partial charge in [0.15, 0.2) is 0 Å². The molecule has 182 valence electrons. The molecule has 0 radical (unpaired) electrons. The molecule has 0 aliphatic carbocycles. The molecule has 6 rings (SSSR count). The zero-order valence-electron chi connectivity index (χ0n) is 21.2. The molecule has 3 bridgehead atoms. The van der Waals surface area contributed by atoms with Gasteiger partial charge in [-0.25, -0.2) is 0 Å². The fourth-order valence-corrected chi connectivity index (χ4v) is 12.0. The second-order valence-corrected chi connectivity index (χ2v) is 16.1. The average molecular weight is 483 g/mol. The predicted octanol–water partition coefficient (Wildman–Crippen LogP) is 4.57. The van der Waals surface area contributed by atoms with Crippen LogP contribution in [-0.2, 0) is 11.0 Å². The molecule has 3 nitrogen and oxygen atoms in total. The van der Waals surface area contributed by atoms with Crippen molar-refractivity contribution in [3.63, 3.8) is 0 Å². The van der Waals surface area contributed by atoms with E-state index in [1.807, 2.05) is 0 Å². The van der Waals surface area contributed by atoms with Gasteiger partial charge in [-0.3, -0.25) is 4.90 Å². The first-order valence-corrected chi connectivity index (χ1v) is 15.2. The van der Waals surface area contributed by atoms with Gasteiger partial charge in [0, 0.05) is 25.2 Å². The van der Waals surface area contributed by atoms with E-state index in [2.05, 4.69) is 122 Å². The molecule has 0 aromatic heterocycles. The molecule has 0 saturated carbocycles. The van der Waals surface area contributed by atoms with Crippen molar-refractivity contribution in [2.75, 3.05) is 6.54 Å². The van der Waals surface area contributed by atoms with Crippen LogP contribution in [0.1, 0.15) is 39.2 Å². The Morgan fingerprint density at radius 3 is 1.91 bits per heavy atom. The van der Waals surface area contributed by atoms with E-state index >= 15 is 0 Å². The molecular weight excluding hydrogens is 444 g/mol. The summed E-state index contributed by atoms with van der Waals surface area (Å²) < 4.78 is 7.78. The van der Waals surface area contributed by atoms with E-state index in [4.69, 9.17) is 4.43 Å². The van der Waals surface area contributed by atoms with Crippen LogP contribution in [0.4, 0.5) is 0 Å². The largest absolute Gasteiger partial charge is 0.401 e. The summed E-state index contributed by atoms with van der Waals surface area (Å²) in [6.45, 7) is 9.38. The highest BCUT2D eigenvalue weighted by atomic mass is 28.4. The number of benzene rings is 3. The number of likely N-dealkylation sites (tertiary alicyclic amines) is 1. The first-order chi connectivity index (χ1) is 17.0. The molecule has 4 unspecified atom stereocenters. The second kappa shape index (κ2) is 9.01. The third-order valence-corrected chi connectivity index (χ3v) is 13.7. The molecule has 3 aromatic carbocycles. The van der Waals surface area contributed by atoms with Crippen molar-refractivity contribution in [1.29, 1.82) is 0 Å². The highest BCUT2D eigenvalue weighted by Gasteiger charge is 2.59. The van der Waals surface area contributed by atoms with Crippen LogP contribution in [-0.4, -0.2) is 44.0 Å². The molecule has 5 atom stereocenters. The van der Waals surface area contributed by atoms with Gasteiger partial charge in [0.2, 0.25) is 0 Å². The van der Waals surface area contributed by atoms with Gasteiger partial charge < -0.3 is 9.74 Å². The lowest BCUT2D eigenvalue weighted by Gasteiger charge is -2.47. The van der Waals surface area contributed by atoms with Crippen molar-refractivity contribution in [2.24, 2.45) is 5.92 Å². The highest BCUT2D eigenvalue weighted by molar-refractivity contribution is 6.99. The Balaban J connectivity index is 1.44. The first kappa shape index (κ1) is 23.2. The number of nitrogens with one attached hydrogen (secondary N) is 1. The summed E-state index contributed by atoms with van der Waals surface area (Å²) in [5, 5.41) is 6.77. The molecule has 3 saturated heterocycles. The summed E-state index contributed by atoms with van der Waals surface area (Å²) >= 11 is 0. The molecule has 3 aliphatic rings.